The molecule has 0 saturated carbocycles. The van der Waals surface area contributed by atoms with E-state index in [9.17, 15) is 4.79 Å². The largest absolute Gasteiger partial charge is 0.391 e. The summed E-state index contributed by atoms with van der Waals surface area (Å²) < 4.78 is 0. The van der Waals surface area contributed by atoms with Crippen molar-refractivity contribution in [3.63, 3.8) is 0 Å². The highest BCUT2D eigenvalue weighted by atomic mass is 32.1. The van der Waals surface area contributed by atoms with Crippen molar-refractivity contribution >= 4 is 23.1 Å². The lowest BCUT2D eigenvalue weighted by molar-refractivity contribution is 0.0920. The van der Waals surface area contributed by atoms with E-state index in [0.717, 1.165) is 6.42 Å². The Kier molecular flexibility index (Phi) is 5.48. The van der Waals surface area contributed by atoms with Gasteiger partial charge in [0, 0.05) is 5.56 Å². The van der Waals surface area contributed by atoms with Crippen LogP contribution in [0.5, 0.6) is 0 Å². The van der Waals surface area contributed by atoms with Gasteiger partial charge in [0.05, 0.1) is 10.5 Å². The van der Waals surface area contributed by atoms with E-state index >= 15 is 0 Å². The van der Waals surface area contributed by atoms with Gasteiger partial charge in [-0.2, -0.15) is 0 Å². The highest BCUT2D eigenvalue weighted by molar-refractivity contribution is 7.80. The van der Waals surface area contributed by atoms with Gasteiger partial charge in [0.1, 0.15) is 0 Å². The van der Waals surface area contributed by atoms with Crippen molar-refractivity contribution < 1.29 is 4.79 Å². The van der Waals surface area contributed by atoms with Crippen LogP contribution in [0, 0.1) is 0 Å². The third-order valence-electron chi connectivity index (χ3n) is 3.66. The molecule has 0 aliphatic heterocycles. The number of benzene rings is 1. The molecule has 0 radical (unpaired) electrons. The Morgan fingerprint density at radius 2 is 1.74 bits per heavy atom. The van der Waals surface area contributed by atoms with Gasteiger partial charge in [0.25, 0.3) is 5.91 Å². The van der Waals surface area contributed by atoms with Crippen LogP contribution >= 0.6 is 12.2 Å². The summed E-state index contributed by atoms with van der Waals surface area (Å²) in [7, 11) is 0. The van der Waals surface area contributed by atoms with Gasteiger partial charge < -0.3 is 11.1 Å². The van der Waals surface area contributed by atoms with E-state index in [1.165, 1.54) is 5.56 Å². The zero-order valence-corrected chi connectivity index (χ0v) is 12.6. The van der Waals surface area contributed by atoms with Gasteiger partial charge in [-0.05, 0) is 37.0 Å². The first-order valence-electron chi connectivity index (χ1n) is 6.70. The van der Waals surface area contributed by atoms with E-state index in [4.69, 9.17) is 18.0 Å². The summed E-state index contributed by atoms with van der Waals surface area (Å²) in [6.07, 6.45) is 2.35. The highest BCUT2D eigenvalue weighted by Crippen LogP contribution is 2.17. The van der Waals surface area contributed by atoms with Crippen LogP contribution < -0.4 is 11.1 Å². The molecule has 0 spiro atoms. The fourth-order valence-electron chi connectivity index (χ4n) is 2.02. The molecule has 1 rings (SSSR count). The minimum absolute atomic E-state index is 0.126. The van der Waals surface area contributed by atoms with Crippen molar-refractivity contribution in [1.29, 1.82) is 0 Å². The first-order chi connectivity index (χ1) is 8.99. The van der Waals surface area contributed by atoms with Gasteiger partial charge in [-0.3, -0.25) is 4.79 Å². The Morgan fingerprint density at radius 1 is 1.21 bits per heavy atom. The van der Waals surface area contributed by atoms with Crippen molar-refractivity contribution in [3.05, 3.63) is 35.4 Å². The second kappa shape index (κ2) is 6.66. The Labute approximate surface area is 120 Å². The Hall–Kier alpha value is -1.42. The number of thiocarbonyl (C=S) groups is 1. The third kappa shape index (κ3) is 3.53. The molecule has 1 aromatic rings. The maximum atomic E-state index is 12.3. The molecule has 0 aliphatic rings. The number of amides is 1. The smallest absolute Gasteiger partial charge is 0.252 e. The third-order valence-corrected chi connectivity index (χ3v) is 4.05. The van der Waals surface area contributed by atoms with Crippen LogP contribution in [0.2, 0.25) is 0 Å². The second-order valence-electron chi connectivity index (χ2n) is 4.66. The minimum Gasteiger partial charge on any atom is -0.391 e. The molecule has 3 N–H and O–H groups in total. The summed E-state index contributed by atoms with van der Waals surface area (Å²) >= 11 is 5.10. The lowest BCUT2D eigenvalue weighted by Gasteiger charge is -2.31. The molecule has 1 aromatic carbocycles. The molecule has 0 unspecified atom stereocenters. The number of carbonyl (C=O) groups is 1. The van der Waals surface area contributed by atoms with Crippen molar-refractivity contribution in [3.8, 4) is 0 Å². The van der Waals surface area contributed by atoms with Gasteiger partial charge in [0.15, 0.2) is 0 Å². The Bertz CT molecular complexity index is 450. The van der Waals surface area contributed by atoms with E-state index in [-0.39, 0.29) is 5.91 Å². The van der Waals surface area contributed by atoms with Gasteiger partial charge in [0.2, 0.25) is 0 Å². The number of nitrogens with one attached hydrogen (secondary N) is 1. The predicted octanol–water partition coefficient (Wildman–Crippen LogP) is 2.82. The van der Waals surface area contributed by atoms with E-state index in [1.54, 1.807) is 0 Å². The van der Waals surface area contributed by atoms with Crippen molar-refractivity contribution in [2.24, 2.45) is 5.73 Å². The molecule has 19 heavy (non-hydrogen) atoms. The van der Waals surface area contributed by atoms with Crippen LogP contribution in [0.25, 0.3) is 0 Å². The summed E-state index contributed by atoms with van der Waals surface area (Å²) in [5.74, 6) is -0.126. The first-order valence-corrected chi connectivity index (χ1v) is 7.11. The van der Waals surface area contributed by atoms with E-state index in [0.29, 0.717) is 23.4 Å². The van der Waals surface area contributed by atoms with Crippen LogP contribution in [0.15, 0.2) is 24.3 Å². The molecule has 0 aliphatic carbocycles. The van der Waals surface area contributed by atoms with Crippen LogP contribution in [0.1, 0.15) is 49.5 Å². The SMILES string of the molecule is CCc1ccc(C(=O)NC(CC)(CC)C(N)=S)cc1. The average molecular weight is 278 g/mol. The first kappa shape index (κ1) is 15.6. The molecule has 4 heteroatoms. The number of hydrogen-bond donors (Lipinski definition) is 2. The molecular formula is C15H22N2OS. The van der Waals surface area contributed by atoms with Crippen LogP contribution in [-0.4, -0.2) is 16.4 Å². The van der Waals surface area contributed by atoms with Crippen molar-refractivity contribution in [2.75, 3.05) is 0 Å². The zero-order valence-electron chi connectivity index (χ0n) is 11.8. The summed E-state index contributed by atoms with van der Waals surface area (Å²) in [6, 6.07) is 7.61. The number of aryl methyl sites for hydroxylation is 1. The monoisotopic (exact) mass is 278 g/mol. The zero-order chi connectivity index (χ0) is 14.5. The average Bonchev–Trinajstić information content (AvgIpc) is 2.44. The number of rotatable bonds is 6. The van der Waals surface area contributed by atoms with Crippen LogP contribution in [-0.2, 0) is 6.42 Å². The molecule has 3 nitrogen and oxygen atoms in total. The Morgan fingerprint density at radius 3 is 2.11 bits per heavy atom. The quantitative estimate of drug-likeness (QED) is 0.787. The summed E-state index contributed by atoms with van der Waals surface area (Å²) in [6.45, 7) is 6.04. The highest BCUT2D eigenvalue weighted by Gasteiger charge is 2.31. The van der Waals surface area contributed by atoms with Crippen LogP contribution in [0.3, 0.4) is 0 Å². The van der Waals surface area contributed by atoms with E-state index < -0.39 is 5.54 Å². The predicted molar refractivity (Wildman–Crippen MR) is 83.4 cm³/mol. The van der Waals surface area contributed by atoms with Gasteiger partial charge in [-0.25, -0.2) is 0 Å². The lowest BCUT2D eigenvalue weighted by Crippen LogP contribution is -2.55. The standard InChI is InChI=1S/C15H22N2OS/c1-4-11-7-9-12(10-8-11)13(18)17-15(5-2,6-3)14(16)19/h7-10H,4-6H2,1-3H3,(H2,16,19)(H,17,18). The van der Waals surface area contributed by atoms with Gasteiger partial charge >= 0.3 is 0 Å². The van der Waals surface area contributed by atoms with Gasteiger partial charge in [-0.15, -0.1) is 0 Å². The number of nitrogens with two attached hydrogens (primary N) is 1. The Balaban J connectivity index is 2.90. The molecule has 0 bridgehead atoms. The van der Waals surface area contributed by atoms with Crippen molar-refractivity contribution in [1.82, 2.24) is 5.32 Å². The molecule has 1 amide bonds. The fraction of sp³-hybridized carbons (Fsp3) is 0.467. The van der Waals surface area contributed by atoms with Crippen molar-refractivity contribution in [2.45, 2.75) is 45.6 Å². The fourth-order valence-corrected chi connectivity index (χ4v) is 2.36. The molecule has 0 heterocycles. The molecule has 104 valence electrons. The van der Waals surface area contributed by atoms with Gasteiger partial charge in [-0.1, -0.05) is 45.1 Å². The van der Waals surface area contributed by atoms with E-state index in [1.807, 2.05) is 38.1 Å². The molecule has 0 aromatic heterocycles. The van der Waals surface area contributed by atoms with Crippen LogP contribution in [0.4, 0.5) is 0 Å². The second-order valence-corrected chi connectivity index (χ2v) is 5.10. The van der Waals surface area contributed by atoms with E-state index in [2.05, 4.69) is 12.2 Å². The number of hydrogen-bond acceptors (Lipinski definition) is 2. The topological polar surface area (TPSA) is 55.1 Å². The number of carbonyl (C=O) groups excluding carboxylic acids is 1. The minimum atomic E-state index is -0.587. The maximum absolute atomic E-state index is 12.3. The molecule has 0 saturated heterocycles. The molecular weight excluding hydrogens is 256 g/mol. The summed E-state index contributed by atoms with van der Waals surface area (Å²) in [5.41, 5.74) is 7.04. The molecule has 0 fully saturated rings. The lowest BCUT2D eigenvalue weighted by atomic mass is 9.92. The molecule has 0 atom stereocenters. The maximum Gasteiger partial charge on any atom is 0.252 e. The summed E-state index contributed by atoms with van der Waals surface area (Å²) in [4.78, 5) is 12.6. The summed E-state index contributed by atoms with van der Waals surface area (Å²) in [5, 5.41) is 2.98. The normalized spacial score (nSPS) is 11.1.